The molecular formula is C17H24ClNO2. The molecule has 0 aliphatic carbocycles. The minimum atomic E-state index is 0.0427. The third-order valence-electron chi connectivity index (χ3n) is 3.57. The van der Waals surface area contributed by atoms with Gasteiger partial charge in [-0.2, -0.15) is 0 Å². The Morgan fingerprint density at radius 3 is 2.62 bits per heavy atom. The van der Waals surface area contributed by atoms with Crippen molar-refractivity contribution in [2.75, 3.05) is 13.2 Å². The van der Waals surface area contributed by atoms with Crippen LogP contribution < -0.4 is 5.32 Å². The minimum Gasteiger partial charge on any atom is -0.459 e. The first-order valence-corrected chi connectivity index (χ1v) is 7.98. The highest BCUT2D eigenvalue weighted by Gasteiger charge is 2.28. The first-order valence-electron chi connectivity index (χ1n) is 7.60. The summed E-state index contributed by atoms with van der Waals surface area (Å²) in [5.41, 5.74) is 0.858. The lowest BCUT2D eigenvalue weighted by Crippen LogP contribution is -2.37. The van der Waals surface area contributed by atoms with E-state index in [1.54, 1.807) is 0 Å². The van der Waals surface area contributed by atoms with Gasteiger partial charge >= 0.3 is 0 Å². The molecule has 0 fully saturated rings. The summed E-state index contributed by atoms with van der Waals surface area (Å²) in [6.45, 7) is 10.0. The molecule has 2 rings (SSSR count). The molecule has 3 nitrogen and oxygen atoms in total. The van der Waals surface area contributed by atoms with Crippen molar-refractivity contribution in [3.05, 3.63) is 35.0 Å². The van der Waals surface area contributed by atoms with Crippen molar-refractivity contribution in [1.82, 2.24) is 5.32 Å². The van der Waals surface area contributed by atoms with E-state index in [2.05, 4.69) is 32.2 Å². The number of ether oxygens (including phenoxy) is 1. The molecular weight excluding hydrogens is 286 g/mol. The van der Waals surface area contributed by atoms with Crippen LogP contribution in [0.1, 0.15) is 39.5 Å². The van der Waals surface area contributed by atoms with E-state index < -0.39 is 0 Å². The predicted octanol–water partition coefficient (Wildman–Crippen LogP) is 4.80. The van der Waals surface area contributed by atoms with Crippen LogP contribution in [0.15, 0.2) is 28.7 Å². The number of rotatable bonds is 7. The van der Waals surface area contributed by atoms with E-state index in [9.17, 15) is 0 Å². The largest absolute Gasteiger partial charge is 0.459 e. The van der Waals surface area contributed by atoms with Gasteiger partial charge in [-0.1, -0.05) is 32.4 Å². The molecule has 0 bridgehead atoms. The molecule has 1 aromatic carbocycles. The molecule has 1 N–H and O–H groups in total. The van der Waals surface area contributed by atoms with Crippen molar-refractivity contribution in [2.45, 2.75) is 39.8 Å². The Balaban J connectivity index is 2.38. The van der Waals surface area contributed by atoms with Gasteiger partial charge < -0.3 is 14.5 Å². The Morgan fingerprint density at radius 2 is 2.00 bits per heavy atom. The van der Waals surface area contributed by atoms with Gasteiger partial charge in [0.05, 0.1) is 12.1 Å². The van der Waals surface area contributed by atoms with Crippen molar-refractivity contribution < 1.29 is 9.15 Å². The zero-order chi connectivity index (χ0) is 15.4. The van der Waals surface area contributed by atoms with Crippen LogP contribution in [0, 0.1) is 5.92 Å². The van der Waals surface area contributed by atoms with Gasteiger partial charge in [-0.05, 0) is 43.7 Å². The second-order valence-corrected chi connectivity index (χ2v) is 5.97. The SMILES string of the molecule is CCNC(c1cc2cc(Cl)ccc2o1)C(OCC)C(C)C. The van der Waals surface area contributed by atoms with Crippen LogP contribution >= 0.6 is 11.6 Å². The monoisotopic (exact) mass is 309 g/mol. The van der Waals surface area contributed by atoms with Crippen molar-refractivity contribution in [2.24, 2.45) is 5.92 Å². The average molecular weight is 310 g/mol. The van der Waals surface area contributed by atoms with E-state index in [1.807, 2.05) is 25.1 Å². The normalized spacial score (nSPS) is 14.8. The molecule has 0 radical (unpaired) electrons. The number of halogens is 1. The second-order valence-electron chi connectivity index (χ2n) is 5.53. The van der Waals surface area contributed by atoms with Crippen LogP contribution in [-0.2, 0) is 4.74 Å². The molecule has 4 heteroatoms. The lowest BCUT2D eigenvalue weighted by molar-refractivity contribution is -0.00150. The van der Waals surface area contributed by atoms with E-state index in [4.69, 9.17) is 20.8 Å². The fourth-order valence-corrected chi connectivity index (χ4v) is 2.83. The Morgan fingerprint density at radius 1 is 1.24 bits per heavy atom. The maximum atomic E-state index is 6.05. The fraction of sp³-hybridized carbons (Fsp3) is 0.529. The van der Waals surface area contributed by atoms with Gasteiger partial charge in [0.25, 0.3) is 0 Å². The molecule has 1 heterocycles. The van der Waals surface area contributed by atoms with Gasteiger partial charge in [-0.3, -0.25) is 0 Å². The highest BCUT2D eigenvalue weighted by Crippen LogP contribution is 2.31. The number of hydrogen-bond acceptors (Lipinski definition) is 3. The average Bonchev–Trinajstić information content (AvgIpc) is 2.85. The Bertz CT molecular complexity index is 579. The summed E-state index contributed by atoms with van der Waals surface area (Å²) in [4.78, 5) is 0. The quantitative estimate of drug-likeness (QED) is 0.798. The van der Waals surface area contributed by atoms with Crippen LogP contribution in [0.2, 0.25) is 5.02 Å². The molecule has 0 aliphatic rings. The smallest absolute Gasteiger partial charge is 0.134 e. The molecule has 2 aromatic rings. The third kappa shape index (κ3) is 3.79. The van der Waals surface area contributed by atoms with Crippen molar-refractivity contribution in [3.8, 4) is 0 Å². The minimum absolute atomic E-state index is 0.0427. The maximum absolute atomic E-state index is 6.05. The molecule has 0 amide bonds. The number of furan rings is 1. The number of nitrogens with one attached hydrogen (secondary N) is 1. The summed E-state index contributed by atoms with van der Waals surface area (Å²) >= 11 is 6.05. The number of benzene rings is 1. The third-order valence-corrected chi connectivity index (χ3v) is 3.81. The zero-order valence-corrected chi connectivity index (χ0v) is 13.9. The van der Waals surface area contributed by atoms with E-state index in [1.165, 1.54) is 0 Å². The second kappa shape index (κ2) is 7.30. The summed E-state index contributed by atoms with van der Waals surface area (Å²) in [6, 6.07) is 7.79. The van der Waals surface area contributed by atoms with Gasteiger partial charge in [-0.15, -0.1) is 0 Å². The number of likely N-dealkylation sites (N-methyl/N-ethyl adjacent to an activating group) is 1. The summed E-state index contributed by atoms with van der Waals surface area (Å²) in [6.07, 6.45) is 0.0750. The van der Waals surface area contributed by atoms with Gasteiger partial charge in [0.15, 0.2) is 0 Å². The summed E-state index contributed by atoms with van der Waals surface area (Å²) in [7, 11) is 0. The Hall–Kier alpha value is -1.03. The lowest BCUT2D eigenvalue weighted by atomic mass is 9.97. The zero-order valence-electron chi connectivity index (χ0n) is 13.2. The van der Waals surface area contributed by atoms with E-state index in [0.29, 0.717) is 12.5 Å². The number of hydrogen-bond donors (Lipinski definition) is 1. The maximum Gasteiger partial charge on any atom is 0.134 e. The van der Waals surface area contributed by atoms with Gasteiger partial charge in [0.1, 0.15) is 11.3 Å². The summed E-state index contributed by atoms with van der Waals surface area (Å²) in [5.74, 6) is 1.30. The highest BCUT2D eigenvalue weighted by atomic mass is 35.5. The van der Waals surface area contributed by atoms with Crippen LogP contribution in [-0.4, -0.2) is 19.3 Å². The first kappa shape index (κ1) is 16.3. The molecule has 2 unspecified atom stereocenters. The molecule has 0 saturated carbocycles. The molecule has 0 saturated heterocycles. The molecule has 116 valence electrons. The lowest BCUT2D eigenvalue weighted by Gasteiger charge is -2.29. The fourth-order valence-electron chi connectivity index (χ4n) is 2.65. The van der Waals surface area contributed by atoms with Crippen molar-refractivity contribution >= 4 is 22.6 Å². The van der Waals surface area contributed by atoms with Crippen molar-refractivity contribution in [3.63, 3.8) is 0 Å². The first-order chi connectivity index (χ1) is 10.1. The number of fused-ring (bicyclic) bond motifs is 1. The highest BCUT2D eigenvalue weighted by molar-refractivity contribution is 6.31. The van der Waals surface area contributed by atoms with Crippen molar-refractivity contribution in [1.29, 1.82) is 0 Å². The van der Waals surface area contributed by atoms with Crippen LogP contribution in [0.25, 0.3) is 11.0 Å². The van der Waals surface area contributed by atoms with Gasteiger partial charge in [0.2, 0.25) is 0 Å². The van der Waals surface area contributed by atoms with Crippen LogP contribution in [0.5, 0.6) is 0 Å². The topological polar surface area (TPSA) is 34.4 Å². The van der Waals surface area contributed by atoms with E-state index >= 15 is 0 Å². The Kier molecular flexibility index (Phi) is 5.68. The summed E-state index contributed by atoms with van der Waals surface area (Å²) < 4.78 is 12.0. The van der Waals surface area contributed by atoms with E-state index in [0.717, 1.165) is 28.3 Å². The summed E-state index contributed by atoms with van der Waals surface area (Å²) in [5, 5.41) is 5.24. The van der Waals surface area contributed by atoms with E-state index in [-0.39, 0.29) is 12.1 Å². The standard InChI is InChI=1S/C17H24ClNO2/c1-5-19-16(17(11(3)4)20-6-2)15-10-12-9-13(18)7-8-14(12)21-15/h7-11,16-17,19H,5-6H2,1-4H3. The molecule has 21 heavy (non-hydrogen) atoms. The Labute approximate surface area is 131 Å². The van der Waals surface area contributed by atoms with Crippen LogP contribution in [0.4, 0.5) is 0 Å². The molecule has 1 aromatic heterocycles. The van der Waals surface area contributed by atoms with Crippen LogP contribution in [0.3, 0.4) is 0 Å². The molecule has 0 aliphatic heterocycles. The predicted molar refractivity (Wildman–Crippen MR) is 87.9 cm³/mol. The van der Waals surface area contributed by atoms with Gasteiger partial charge in [0, 0.05) is 17.0 Å². The molecule has 0 spiro atoms. The van der Waals surface area contributed by atoms with Gasteiger partial charge in [-0.25, -0.2) is 0 Å². The molecule has 2 atom stereocenters.